The fourth-order valence-corrected chi connectivity index (χ4v) is 1.81. The van der Waals surface area contributed by atoms with E-state index in [9.17, 15) is 0 Å². The molecule has 0 atom stereocenters. The van der Waals surface area contributed by atoms with E-state index >= 15 is 0 Å². The number of pyridine rings is 1. The molecule has 0 spiro atoms. The number of nitrogens with zero attached hydrogens (tertiary/aromatic N) is 6. The lowest BCUT2D eigenvalue weighted by atomic mass is 10.3. The SMILES string of the molecule is COc1cccnc1-c1nc(Cl)nc(-n2cccn2)n1. The predicted octanol–water partition coefficient (Wildman–Crippen LogP) is 1.78. The summed E-state index contributed by atoms with van der Waals surface area (Å²) in [7, 11) is 1.55. The van der Waals surface area contributed by atoms with Gasteiger partial charge in [-0.1, -0.05) is 0 Å². The monoisotopic (exact) mass is 288 g/mol. The fraction of sp³-hybridized carbons (Fsp3) is 0.0833. The Morgan fingerprint density at radius 2 is 2.05 bits per heavy atom. The minimum absolute atomic E-state index is 0.0632. The van der Waals surface area contributed by atoms with Crippen LogP contribution in [-0.2, 0) is 0 Å². The molecule has 3 aromatic rings. The Labute approximate surface area is 119 Å². The quantitative estimate of drug-likeness (QED) is 0.731. The van der Waals surface area contributed by atoms with Crippen molar-refractivity contribution in [2.45, 2.75) is 0 Å². The second-order valence-corrected chi connectivity index (χ2v) is 4.07. The zero-order chi connectivity index (χ0) is 13.9. The van der Waals surface area contributed by atoms with Gasteiger partial charge in [0.2, 0.25) is 5.28 Å². The summed E-state index contributed by atoms with van der Waals surface area (Å²) in [5.74, 6) is 1.20. The molecule has 0 aliphatic rings. The van der Waals surface area contributed by atoms with Crippen LogP contribution >= 0.6 is 11.6 Å². The van der Waals surface area contributed by atoms with E-state index in [4.69, 9.17) is 16.3 Å². The summed E-state index contributed by atoms with van der Waals surface area (Å²) in [5, 5.41) is 4.12. The molecule has 0 N–H and O–H groups in total. The van der Waals surface area contributed by atoms with Crippen molar-refractivity contribution in [3.63, 3.8) is 0 Å². The van der Waals surface area contributed by atoms with Crippen molar-refractivity contribution in [2.24, 2.45) is 0 Å². The molecule has 3 heterocycles. The summed E-state index contributed by atoms with van der Waals surface area (Å²) in [5.41, 5.74) is 0.493. The first-order valence-electron chi connectivity index (χ1n) is 5.69. The number of methoxy groups -OCH3 is 1. The summed E-state index contributed by atoms with van der Waals surface area (Å²) in [6, 6.07) is 5.30. The third-order valence-corrected chi connectivity index (χ3v) is 2.68. The molecule has 0 unspecified atom stereocenters. The van der Waals surface area contributed by atoms with E-state index in [2.05, 4.69) is 25.0 Å². The van der Waals surface area contributed by atoms with Crippen LogP contribution < -0.4 is 4.74 Å². The molecule has 100 valence electrons. The fourth-order valence-electron chi connectivity index (χ4n) is 1.66. The highest BCUT2D eigenvalue weighted by molar-refractivity contribution is 6.28. The molecule has 8 heteroatoms. The molecule has 0 bridgehead atoms. The van der Waals surface area contributed by atoms with Crippen LogP contribution in [0.4, 0.5) is 0 Å². The van der Waals surface area contributed by atoms with Gasteiger partial charge in [0.05, 0.1) is 7.11 Å². The second kappa shape index (κ2) is 5.22. The van der Waals surface area contributed by atoms with Crippen molar-refractivity contribution in [3.05, 3.63) is 42.1 Å². The van der Waals surface area contributed by atoms with E-state index in [-0.39, 0.29) is 5.28 Å². The molecule has 0 saturated carbocycles. The maximum absolute atomic E-state index is 5.94. The molecule has 0 saturated heterocycles. The normalized spacial score (nSPS) is 10.5. The summed E-state index contributed by atoms with van der Waals surface area (Å²) >= 11 is 5.94. The lowest BCUT2D eigenvalue weighted by Crippen LogP contribution is -2.06. The molecular weight excluding hydrogens is 280 g/mol. The van der Waals surface area contributed by atoms with Gasteiger partial charge in [0, 0.05) is 18.6 Å². The predicted molar refractivity (Wildman–Crippen MR) is 71.7 cm³/mol. The molecule has 0 fully saturated rings. The molecule has 7 nitrogen and oxygen atoms in total. The first kappa shape index (κ1) is 12.5. The van der Waals surface area contributed by atoms with Crippen LogP contribution in [0.1, 0.15) is 0 Å². The van der Waals surface area contributed by atoms with Gasteiger partial charge in [-0.15, -0.1) is 0 Å². The van der Waals surface area contributed by atoms with Gasteiger partial charge in [-0.2, -0.15) is 20.1 Å². The second-order valence-electron chi connectivity index (χ2n) is 3.73. The van der Waals surface area contributed by atoms with E-state index in [1.165, 1.54) is 4.68 Å². The van der Waals surface area contributed by atoms with Crippen molar-refractivity contribution in [2.75, 3.05) is 7.11 Å². The maximum Gasteiger partial charge on any atom is 0.255 e. The van der Waals surface area contributed by atoms with Crippen molar-refractivity contribution in [3.8, 4) is 23.2 Å². The molecule has 3 rings (SSSR count). The zero-order valence-corrected chi connectivity index (χ0v) is 11.2. The number of hydrogen-bond acceptors (Lipinski definition) is 6. The Hall–Kier alpha value is -2.54. The van der Waals surface area contributed by atoms with E-state index in [0.717, 1.165) is 0 Å². The Morgan fingerprint density at radius 3 is 2.80 bits per heavy atom. The standard InChI is InChI=1S/C12H9ClN6O/c1-20-8-4-2-5-14-9(8)10-16-11(13)18-12(17-10)19-7-3-6-15-19/h2-7H,1H3. The number of hydrogen-bond donors (Lipinski definition) is 0. The minimum Gasteiger partial charge on any atom is -0.494 e. The van der Waals surface area contributed by atoms with Crippen molar-refractivity contribution in [1.29, 1.82) is 0 Å². The Morgan fingerprint density at radius 1 is 1.15 bits per heavy atom. The lowest BCUT2D eigenvalue weighted by Gasteiger charge is -2.07. The van der Waals surface area contributed by atoms with Crippen LogP contribution in [0.2, 0.25) is 5.28 Å². The number of aromatic nitrogens is 6. The third kappa shape index (κ3) is 2.30. The highest BCUT2D eigenvalue weighted by atomic mass is 35.5. The largest absolute Gasteiger partial charge is 0.494 e. The van der Waals surface area contributed by atoms with Crippen LogP contribution in [0.15, 0.2) is 36.8 Å². The maximum atomic E-state index is 5.94. The molecule has 3 aromatic heterocycles. The smallest absolute Gasteiger partial charge is 0.255 e. The van der Waals surface area contributed by atoms with Gasteiger partial charge in [-0.25, -0.2) is 9.67 Å². The van der Waals surface area contributed by atoms with E-state index in [0.29, 0.717) is 23.2 Å². The molecule has 0 radical (unpaired) electrons. The summed E-state index contributed by atoms with van der Waals surface area (Å²) in [6.07, 6.45) is 4.97. The highest BCUT2D eigenvalue weighted by Gasteiger charge is 2.14. The number of ether oxygens (including phenoxy) is 1. The van der Waals surface area contributed by atoms with Crippen LogP contribution in [0.3, 0.4) is 0 Å². The zero-order valence-electron chi connectivity index (χ0n) is 10.4. The van der Waals surface area contributed by atoms with Gasteiger partial charge in [-0.3, -0.25) is 0 Å². The van der Waals surface area contributed by atoms with Gasteiger partial charge in [0.15, 0.2) is 5.82 Å². The van der Waals surface area contributed by atoms with E-state index in [1.54, 1.807) is 43.9 Å². The molecule has 0 aromatic carbocycles. The van der Waals surface area contributed by atoms with Crippen LogP contribution in [0, 0.1) is 0 Å². The molecule has 0 aliphatic heterocycles. The van der Waals surface area contributed by atoms with Gasteiger partial charge in [0.1, 0.15) is 11.4 Å². The average Bonchev–Trinajstić information content (AvgIpc) is 3.01. The first-order valence-corrected chi connectivity index (χ1v) is 6.06. The van der Waals surface area contributed by atoms with Crippen LogP contribution in [0.25, 0.3) is 17.5 Å². The van der Waals surface area contributed by atoms with E-state index in [1.807, 2.05) is 0 Å². The Balaban J connectivity index is 2.15. The summed E-state index contributed by atoms with van der Waals surface area (Å²) < 4.78 is 6.73. The molecule has 0 aliphatic carbocycles. The van der Waals surface area contributed by atoms with Crippen molar-refractivity contribution >= 4 is 11.6 Å². The minimum atomic E-state index is 0.0632. The van der Waals surface area contributed by atoms with Crippen molar-refractivity contribution in [1.82, 2.24) is 29.7 Å². The molecular formula is C12H9ClN6O. The van der Waals surface area contributed by atoms with E-state index < -0.39 is 0 Å². The van der Waals surface area contributed by atoms with Crippen molar-refractivity contribution < 1.29 is 4.74 Å². The number of rotatable bonds is 3. The molecule has 20 heavy (non-hydrogen) atoms. The van der Waals surface area contributed by atoms with Gasteiger partial charge < -0.3 is 4.74 Å². The topological polar surface area (TPSA) is 78.6 Å². The number of halogens is 1. The van der Waals surface area contributed by atoms with Crippen LogP contribution in [0.5, 0.6) is 5.75 Å². The summed E-state index contributed by atoms with van der Waals surface area (Å²) in [4.78, 5) is 16.6. The van der Waals surface area contributed by atoms with Gasteiger partial charge in [-0.05, 0) is 29.8 Å². The average molecular weight is 289 g/mol. The van der Waals surface area contributed by atoms with Gasteiger partial charge >= 0.3 is 0 Å². The van der Waals surface area contributed by atoms with Crippen LogP contribution in [-0.4, -0.2) is 36.8 Å². The lowest BCUT2D eigenvalue weighted by molar-refractivity contribution is 0.414. The summed E-state index contributed by atoms with van der Waals surface area (Å²) in [6.45, 7) is 0. The first-order chi connectivity index (χ1) is 9.78. The highest BCUT2D eigenvalue weighted by Crippen LogP contribution is 2.25. The Bertz CT molecular complexity index is 731. The Kier molecular flexibility index (Phi) is 3.26. The third-order valence-electron chi connectivity index (χ3n) is 2.51. The van der Waals surface area contributed by atoms with Gasteiger partial charge in [0.25, 0.3) is 5.95 Å². The molecule has 0 amide bonds.